The Kier molecular flexibility index (Phi) is 9.88. The molecule has 0 aliphatic rings. The Morgan fingerprint density at radius 2 is 1.53 bits per heavy atom. The third-order valence-corrected chi connectivity index (χ3v) is 5.67. The zero-order valence-corrected chi connectivity index (χ0v) is 22.1. The van der Waals surface area contributed by atoms with Gasteiger partial charge in [0, 0.05) is 12.5 Å². The minimum Gasteiger partial charge on any atom is -0.496 e. The first-order valence-corrected chi connectivity index (χ1v) is 12.0. The van der Waals surface area contributed by atoms with Gasteiger partial charge in [-0.2, -0.15) is 0 Å². The Morgan fingerprint density at radius 1 is 0.944 bits per heavy atom. The fraction of sp³-hybridized carbons (Fsp3) is 0.360. The number of para-hydroxylation sites is 1. The number of hydrogen-bond acceptors (Lipinski definition) is 8. The zero-order valence-electron chi connectivity index (χ0n) is 21.3. The highest BCUT2D eigenvalue weighted by Crippen LogP contribution is 2.38. The number of methoxy groups -OCH3 is 4. The lowest BCUT2D eigenvalue weighted by atomic mass is 10.0. The Labute approximate surface area is 212 Å². The van der Waals surface area contributed by atoms with E-state index in [0.717, 1.165) is 0 Å². The van der Waals surface area contributed by atoms with Crippen LogP contribution in [0.2, 0.25) is 0 Å². The van der Waals surface area contributed by atoms with Crippen LogP contribution in [-0.4, -0.2) is 54.7 Å². The summed E-state index contributed by atoms with van der Waals surface area (Å²) in [5.74, 6) is -0.199. The first kappa shape index (κ1) is 28.7. The number of rotatable bonds is 11. The molecule has 2 rings (SSSR count). The van der Waals surface area contributed by atoms with E-state index in [1.807, 2.05) is 0 Å². The predicted octanol–water partition coefficient (Wildman–Crippen LogP) is 3.82. The summed E-state index contributed by atoms with van der Waals surface area (Å²) in [7, 11) is 5.83. The molecule has 2 aromatic carbocycles. The van der Waals surface area contributed by atoms with E-state index >= 15 is 0 Å². The van der Waals surface area contributed by atoms with Gasteiger partial charge in [-0.1, -0.05) is 12.1 Å². The summed E-state index contributed by atoms with van der Waals surface area (Å²) in [5.41, 5.74) is 0.0870. The van der Waals surface area contributed by atoms with Crippen molar-refractivity contribution in [2.75, 3.05) is 33.8 Å². The van der Waals surface area contributed by atoms with E-state index in [1.165, 1.54) is 55.3 Å². The summed E-state index contributed by atoms with van der Waals surface area (Å²) in [5, 5.41) is 2.67. The van der Waals surface area contributed by atoms with Crippen LogP contribution in [0.1, 0.15) is 37.5 Å². The minimum absolute atomic E-state index is 0.207. The van der Waals surface area contributed by atoms with E-state index in [-0.39, 0.29) is 22.9 Å². The fourth-order valence-electron chi connectivity index (χ4n) is 3.52. The zero-order chi connectivity index (χ0) is 27.0. The van der Waals surface area contributed by atoms with Gasteiger partial charge in [0.2, 0.25) is 0 Å². The van der Waals surface area contributed by atoms with E-state index in [4.69, 9.17) is 23.7 Å². The molecule has 11 heteroatoms. The third-order valence-electron chi connectivity index (χ3n) is 5.11. The van der Waals surface area contributed by atoms with Crippen molar-refractivity contribution in [3.63, 3.8) is 0 Å². The molecule has 0 aliphatic carbocycles. The summed E-state index contributed by atoms with van der Waals surface area (Å²) >= 11 is -2.23. The molecule has 0 saturated carbocycles. The molecule has 0 heterocycles. The van der Waals surface area contributed by atoms with Gasteiger partial charge in [-0.05, 0) is 43.7 Å². The fourth-order valence-corrected chi connectivity index (χ4v) is 4.02. The largest absolute Gasteiger partial charge is 0.496 e. The Morgan fingerprint density at radius 3 is 2.06 bits per heavy atom. The van der Waals surface area contributed by atoms with Gasteiger partial charge < -0.3 is 33.6 Å². The highest BCUT2D eigenvalue weighted by molar-refractivity contribution is 7.78. The van der Waals surface area contributed by atoms with Gasteiger partial charge in [-0.3, -0.25) is 9.59 Å². The maximum atomic E-state index is 12.8. The van der Waals surface area contributed by atoms with Crippen molar-refractivity contribution in [1.82, 2.24) is 0 Å². The number of anilines is 1. The van der Waals surface area contributed by atoms with Gasteiger partial charge in [0.15, 0.2) is 28.2 Å². The van der Waals surface area contributed by atoms with E-state index < -0.39 is 28.6 Å². The molecule has 10 nitrogen and oxygen atoms in total. The van der Waals surface area contributed by atoms with Crippen LogP contribution in [0.3, 0.4) is 0 Å². The quantitative estimate of drug-likeness (QED) is 0.196. The number of benzene rings is 2. The second-order valence-corrected chi connectivity index (χ2v) is 8.93. The molecule has 0 aromatic heterocycles. The number of amides is 1. The lowest BCUT2D eigenvalue weighted by molar-refractivity contribution is -0.160. The maximum absolute atomic E-state index is 12.8. The van der Waals surface area contributed by atoms with Crippen molar-refractivity contribution in [2.24, 2.45) is 0 Å². The lowest BCUT2D eigenvalue weighted by Crippen LogP contribution is -2.41. The average Bonchev–Trinajstić information content (AvgIpc) is 2.81. The molecular formula is C25H31NO9S. The summed E-state index contributed by atoms with van der Waals surface area (Å²) < 4.78 is 49.0. The van der Waals surface area contributed by atoms with Crippen molar-refractivity contribution < 1.29 is 42.0 Å². The van der Waals surface area contributed by atoms with Crippen LogP contribution in [0.5, 0.6) is 11.5 Å². The minimum atomic E-state index is -2.23. The van der Waals surface area contributed by atoms with E-state index in [9.17, 15) is 18.4 Å². The van der Waals surface area contributed by atoms with Crippen LogP contribution >= 0.6 is 0 Å². The maximum Gasteiger partial charge on any atom is 0.303 e. The van der Waals surface area contributed by atoms with Gasteiger partial charge in [0.25, 0.3) is 5.91 Å². The molecule has 0 radical (unpaired) electrons. The Hall–Kier alpha value is -3.57. The summed E-state index contributed by atoms with van der Waals surface area (Å²) in [6, 6.07) is 10.2. The number of ether oxygens (including phenoxy) is 5. The summed E-state index contributed by atoms with van der Waals surface area (Å²) in [6.07, 6.45) is 0. The van der Waals surface area contributed by atoms with E-state index in [1.54, 1.807) is 30.3 Å². The molecule has 196 valence electrons. The molecule has 0 saturated heterocycles. The standard InChI is InChI=1S/C25H31NO9S/c1-15(27)35-25(2,3)24(28)26-19-12-16(14-36(29)30)18(13-21(19)32-5)23(34-7)22(33-6)17-10-8-9-11-20(17)31-4/h8-13H,14H2,1-7H3,(H,26,28)(H,29,30). The van der Waals surface area contributed by atoms with Gasteiger partial charge >= 0.3 is 5.97 Å². The molecule has 1 atom stereocenters. The third kappa shape index (κ3) is 6.76. The van der Waals surface area contributed by atoms with E-state index in [2.05, 4.69) is 5.32 Å². The van der Waals surface area contributed by atoms with Crippen LogP contribution in [0.4, 0.5) is 5.69 Å². The van der Waals surface area contributed by atoms with Crippen molar-refractivity contribution in [3.8, 4) is 11.5 Å². The van der Waals surface area contributed by atoms with Gasteiger partial charge in [-0.15, -0.1) is 0 Å². The lowest BCUT2D eigenvalue weighted by Gasteiger charge is -2.24. The number of esters is 1. The molecule has 2 aromatic rings. The second-order valence-electron chi connectivity index (χ2n) is 8.00. The smallest absolute Gasteiger partial charge is 0.303 e. The normalized spacial score (nSPS) is 12.7. The topological polar surface area (TPSA) is 130 Å². The summed E-state index contributed by atoms with van der Waals surface area (Å²) in [4.78, 5) is 24.2. The first-order valence-electron chi connectivity index (χ1n) is 10.7. The number of carbonyl (C=O) groups is 2. The molecule has 1 amide bonds. The molecule has 0 bridgehead atoms. The highest BCUT2D eigenvalue weighted by atomic mass is 32.2. The van der Waals surface area contributed by atoms with Crippen LogP contribution in [0, 0.1) is 0 Å². The monoisotopic (exact) mass is 521 g/mol. The van der Waals surface area contributed by atoms with Gasteiger partial charge in [0.1, 0.15) is 11.5 Å². The number of nitrogens with one attached hydrogen (secondary N) is 1. The predicted molar refractivity (Wildman–Crippen MR) is 136 cm³/mol. The van der Waals surface area contributed by atoms with Crippen molar-refractivity contribution >= 4 is 40.2 Å². The molecule has 0 aliphatic heterocycles. The van der Waals surface area contributed by atoms with Gasteiger partial charge in [-0.25, -0.2) is 4.21 Å². The van der Waals surface area contributed by atoms with Crippen LogP contribution in [-0.2, 0) is 40.6 Å². The highest BCUT2D eigenvalue weighted by Gasteiger charge is 2.32. The van der Waals surface area contributed by atoms with Crippen LogP contribution in [0.15, 0.2) is 36.4 Å². The Bertz CT molecular complexity index is 1170. The van der Waals surface area contributed by atoms with Crippen LogP contribution in [0.25, 0.3) is 11.5 Å². The van der Waals surface area contributed by atoms with Gasteiger partial charge in [0.05, 0.1) is 45.4 Å². The molecule has 0 fully saturated rings. The summed E-state index contributed by atoms with van der Waals surface area (Å²) in [6.45, 7) is 4.09. The van der Waals surface area contributed by atoms with Crippen LogP contribution < -0.4 is 14.8 Å². The first-order chi connectivity index (χ1) is 17.0. The number of carbonyl (C=O) groups excluding carboxylic acids is 2. The Balaban J connectivity index is 2.74. The molecule has 36 heavy (non-hydrogen) atoms. The molecule has 1 unspecified atom stereocenters. The molecule has 0 spiro atoms. The van der Waals surface area contributed by atoms with Crippen molar-refractivity contribution in [3.05, 3.63) is 53.1 Å². The molecular weight excluding hydrogens is 490 g/mol. The molecule has 2 N–H and O–H groups in total. The van der Waals surface area contributed by atoms with Crippen molar-refractivity contribution in [2.45, 2.75) is 32.1 Å². The average molecular weight is 522 g/mol. The number of hydrogen-bond donors (Lipinski definition) is 2. The second kappa shape index (κ2) is 12.4. The van der Waals surface area contributed by atoms with E-state index in [0.29, 0.717) is 28.2 Å². The van der Waals surface area contributed by atoms with Crippen molar-refractivity contribution in [1.29, 1.82) is 0 Å². The SMILES string of the molecule is COC(=C(OC)c1ccccc1OC)c1cc(OC)c(NC(=O)C(C)(C)OC(C)=O)cc1CS(=O)O.